The second kappa shape index (κ2) is 9.50. The number of anilines is 1. The summed E-state index contributed by atoms with van der Waals surface area (Å²) in [7, 11) is -1.96. The van der Waals surface area contributed by atoms with Crippen LogP contribution in [0.15, 0.2) is 41.8 Å². The zero-order chi connectivity index (χ0) is 22.7. The van der Waals surface area contributed by atoms with Crippen molar-refractivity contribution >= 4 is 21.6 Å². The third-order valence-electron chi connectivity index (χ3n) is 6.34. The molecule has 10 heteroatoms. The fraction of sp³-hybridized carbons (Fsp3) is 0.545. The maximum atomic E-state index is 12.8. The van der Waals surface area contributed by atoms with Crippen LogP contribution in [0.2, 0.25) is 0 Å². The fourth-order valence-electron chi connectivity index (χ4n) is 4.18. The number of amides is 1. The van der Waals surface area contributed by atoms with Crippen molar-refractivity contribution in [1.82, 2.24) is 18.8 Å². The van der Waals surface area contributed by atoms with Crippen molar-refractivity contribution < 1.29 is 17.9 Å². The Morgan fingerprint density at radius 2 is 1.72 bits per heavy atom. The SMILES string of the molecule is COc1ccc(N2CCN(C(=O)Cn3cnc(S(=O)(=O)N4CCC(C)CC4)c3)CC2)cc1. The van der Waals surface area contributed by atoms with E-state index in [2.05, 4.69) is 16.8 Å². The zero-order valence-electron chi connectivity index (χ0n) is 18.7. The molecule has 2 saturated heterocycles. The van der Waals surface area contributed by atoms with Crippen LogP contribution in [0.25, 0.3) is 0 Å². The summed E-state index contributed by atoms with van der Waals surface area (Å²) in [5.41, 5.74) is 1.11. The van der Waals surface area contributed by atoms with Gasteiger partial charge in [-0.25, -0.2) is 13.4 Å². The molecule has 4 rings (SSSR count). The Bertz CT molecular complexity index is 1020. The summed E-state index contributed by atoms with van der Waals surface area (Å²) < 4.78 is 34.0. The number of hydrogen-bond acceptors (Lipinski definition) is 6. The summed E-state index contributed by atoms with van der Waals surface area (Å²) in [6.07, 6.45) is 4.63. The van der Waals surface area contributed by atoms with Crippen LogP contribution in [0.5, 0.6) is 5.75 Å². The number of aromatic nitrogens is 2. The van der Waals surface area contributed by atoms with Gasteiger partial charge in [0.1, 0.15) is 12.3 Å². The van der Waals surface area contributed by atoms with Crippen LogP contribution >= 0.6 is 0 Å². The number of ether oxygens (including phenoxy) is 1. The molecule has 0 N–H and O–H groups in total. The first-order valence-electron chi connectivity index (χ1n) is 11.1. The standard InChI is InChI=1S/C22H31N5O4S/c1-18-7-9-27(10-8-18)32(29,30)21-15-24(17-23-21)16-22(28)26-13-11-25(12-14-26)19-3-5-20(31-2)6-4-19/h3-6,15,17-18H,7-14,16H2,1-2H3. The van der Waals surface area contributed by atoms with Crippen molar-refractivity contribution in [2.45, 2.75) is 31.3 Å². The molecule has 0 radical (unpaired) electrons. The molecule has 1 amide bonds. The van der Waals surface area contributed by atoms with Crippen LogP contribution in [0.1, 0.15) is 19.8 Å². The van der Waals surface area contributed by atoms with E-state index in [0.29, 0.717) is 32.1 Å². The highest BCUT2D eigenvalue weighted by atomic mass is 32.2. The number of methoxy groups -OCH3 is 1. The van der Waals surface area contributed by atoms with E-state index in [1.807, 2.05) is 29.2 Å². The van der Waals surface area contributed by atoms with Gasteiger partial charge in [-0.2, -0.15) is 4.31 Å². The van der Waals surface area contributed by atoms with Crippen molar-refractivity contribution in [1.29, 1.82) is 0 Å². The number of rotatable bonds is 6. The second-order valence-corrected chi connectivity index (χ2v) is 10.4. The molecule has 1 aromatic heterocycles. The second-order valence-electron chi connectivity index (χ2n) is 8.54. The van der Waals surface area contributed by atoms with E-state index < -0.39 is 10.0 Å². The van der Waals surface area contributed by atoms with Crippen molar-refractivity contribution in [3.05, 3.63) is 36.8 Å². The molecule has 0 unspecified atom stereocenters. The summed E-state index contributed by atoms with van der Waals surface area (Å²) in [6.45, 7) is 6.00. The molecule has 0 bridgehead atoms. The lowest BCUT2D eigenvalue weighted by Gasteiger charge is -2.36. The minimum absolute atomic E-state index is 0.0178. The summed E-state index contributed by atoms with van der Waals surface area (Å²) in [5.74, 6) is 1.33. The number of piperazine rings is 1. The van der Waals surface area contributed by atoms with Gasteiger partial charge in [0, 0.05) is 51.2 Å². The molecule has 0 atom stereocenters. The molecule has 2 aliphatic heterocycles. The molecule has 2 aliphatic rings. The van der Waals surface area contributed by atoms with E-state index in [-0.39, 0.29) is 17.5 Å². The molecular weight excluding hydrogens is 430 g/mol. The topological polar surface area (TPSA) is 88.0 Å². The molecule has 2 fully saturated rings. The lowest BCUT2D eigenvalue weighted by Crippen LogP contribution is -2.49. The van der Waals surface area contributed by atoms with Gasteiger partial charge in [-0.15, -0.1) is 0 Å². The van der Waals surface area contributed by atoms with Crippen LogP contribution in [0.4, 0.5) is 5.69 Å². The Kier molecular flexibility index (Phi) is 6.71. The van der Waals surface area contributed by atoms with Gasteiger partial charge in [0.25, 0.3) is 10.0 Å². The fourth-order valence-corrected chi connectivity index (χ4v) is 5.59. The number of carbonyl (C=O) groups is 1. The molecule has 9 nitrogen and oxygen atoms in total. The lowest BCUT2D eigenvalue weighted by atomic mass is 10.0. The molecule has 1 aromatic carbocycles. The van der Waals surface area contributed by atoms with Crippen molar-refractivity contribution in [2.75, 3.05) is 51.3 Å². The third-order valence-corrected chi connectivity index (χ3v) is 8.13. The van der Waals surface area contributed by atoms with Crippen LogP contribution in [-0.4, -0.2) is 79.5 Å². The normalized spacial score (nSPS) is 18.7. The third kappa shape index (κ3) is 4.91. The summed E-state index contributed by atoms with van der Waals surface area (Å²) in [5, 5.41) is 0.0178. The van der Waals surface area contributed by atoms with Crippen LogP contribution in [-0.2, 0) is 21.4 Å². The monoisotopic (exact) mass is 461 g/mol. The van der Waals surface area contributed by atoms with Gasteiger partial charge in [0.15, 0.2) is 5.03 Å². The first kappa shape index (κ1) is 22.6. The number of benzene rings is 1. The number of piperidine rings is 1. The van der Waals surface area contributed by atoms with Gasteiger partial charge in [0.05, 0.1) is 13.4 Å². The van der Waals surface area contributed by atoms with E-state index in [1.165, 1.54) is 16.8 Å². The van der Waals surface area contributed by atoms with E-state index in [4.69, 9.17) is 4.74 Å². The predicted octanol–water partition coefficient (Wildman–Crippen LogP) is 1.66. The van der Waals surface area contributed by atoms with Gasteiger partial charge in [0.2, 0.25) is 5.91 Å². The Morgan fingerprint density at radius 3 is 2.34 bits per heavy atom. The average molecular weight is 462 g/mol. The summed E-state index contributed by atoms with van der Waals surface area (Å²) in [6, 6.07) is 7.91. The van der Waals surface area contributed by atoms with Crippen molar-refractivity contribution in [2.24, 2.45) is 5.92 Å². The van der Waals surface area contributed by atoms with E-state index in [0.717, 1.165) is 37.4 Å². The molecule has 0 saturated carbocycles. The summed E-state index contributed by atoms with van der Waals surface area (Å²) >= 11 is 0. The first-order chi connectivity index (χ1) is 15.4. The highest BCUT2D eigenvalue weighted by Crippen LogP contribution is 2.23. The van der Waals surface area contributed by atoms with E-state index in [9.17, 15) is 13.2 Å². The van der Waals surface area contributed by atoms with E-state index >= 15 is 0 Å². The number of nitrogens with zero attached hydrogens (tertiary/aromatic N) is 5. The van der Waals surface area contributed by atoms with Crippen molar-refractivity contribution in [3.63, 3.8) is 0 Å². The molecule has 174 valence electrons. The Hall–Kier alpha value is -2.59. The predicted molar refractivity (Wildman–Crippen MR) is 121 cm³/mol. The zero-order valence-corrected chi connectivity index (χ0v) is 19.5. The van der Waals surface area contributed by atoms with Crippen molar-refractivity contribution in [3.8, 4) is 5.75 Å². The summed E-state index contributed by atoms with van der Waals surface area (Å²) in [4.78, 5) is 20.9. The maximum absolute atomic E-state index is 12.8. The van der Waals surface area contributed by atoms with Gasteiger partial charge in [-0.05, 0) is 43.0 Å². The highest BCUT2D eigenvalue weighted by molar-refractivity contribution is 7.89. The first-order valence-corrected chi connectivity index (χ1v) is 12.5. The van der Waals surface area contributed by atoms with E-state index in [1.54, 1.807) is 11.7 Å². The smallest absolute Gasteiger partial charge is 0.262 e. The average Bonchev–Trinajstić information content (AvgIpc) is 3.29. The Morgan fingerprint density at radius 1 is 1.06 bits per heavy atom. The molecule has 32 heavy (non-hydrogen) atoms. The quantitative estimate of drug-likeness (QED) is 0.650. The Balaban J connectivity index is 1.31. The molecule has 0 spiro atoms. The molecule has 0 aliphatic carbocycles. The van der Waals surface area contributed by atoms with Crippen LogP contribution in [0, 0.1) is 5.92 Å². The minimum Gasteiger partial charge on any atom is -0.497 e. The number of sulfonamides is 1. The van der Waals surface area contributed by atoms with Gasteiger partial charge >= 0.3 is 0 Å². The number of carbonyl (C=O) groups excluding carboxylic acids is 1. The van der Waals surface area contributed by atoms with Crippen LogP contribution < -0.4 is 9.64 Å². The largest absolute Gasteiger partial charge is 0.497 e. The lowest BCUT2D eigenvalue weighted by molar-refractivity contribution is -0.132. The molecule has 2 aromatic rings. The molecule has 3 heterocycles. The Labute approximate surface area is 189 Å². The minimum atomic E-state index is -3.61. The maximum Gasteiger partial charge on any atom is 0.262 e. The van der Waals surface area contributed by atoms with Gasteiger partial charge < -0.3 is 19.1 Å². The van der Waals surface area contributed by atoms with Gasteiger partial charge in [-0.1, -0.05) is 6.92 Å². The number of hydrogen-bond donors (Lipinski definition) is 0. The number of imidazole rings is 1. The highest BCUT2D eigenvalue weighted by Gasteiger charge is 2.30. The van der Waals surface area contributed by atoms with Gasteiger partial charge in [-0.3, -0.25) is 4.79 Å². The molecular formula is C22H31N5O4S. The van der Waals surface area contributed by atoms with Crippen LogP contribution in [0.3, 0.4) is 0 Å².